The lowest BCUT2D eigenvalue weighted by molar-refractivity contribution is -0.125. The molecule has 7 nitrogen and oxygen atoms in total. The number of thiazole rings is 1. The van der Waals surface area contributed by atoms with E-state index in [0.29, 0.717) is 17.8 Å². The molecule has 1 aromatic rings. The van der Waals surface area contributed by atoms with Crippen LogP contribution in [0.4, 0.5) is 4.79 Å². The van der Waals surface area contributed by atoms with Crippen LogP contribution in [0, 0.1) is 11.8 Å². The van der Waals surface area contributed by atoms with Gasteiger partial charge in [-0.2, -0.15) is 0 Å². The number of nitrogens with zero attached hydrogens (tertiary/aromatic N) is 1. The van der Waals surface area contributed by atoms with Crippen LogP contribution >= 0.6 is 11.3 Å². The molecule has 3 N–H and O–H groups in total. The molecule has 3 atom stereocenters. The summed E-state index contributed by atoms with van der Waals surface area (Å²) in [6.07, 6.45) is 1.16. The molecule has 0 radical (unpaired) electrons. The predicted octanol–water partition coefficient (Wildman–Crippen LogP) is 3.65. The Labute approximate surface area is 172 Å². The van der Waals surface area contributed by atoms with Crippen molar-refractivity contribution in [2.75, 3.05) is 0 Å². The highest BCUT2D eigenvalue weighted by molar-refractivity contribution is 7.09. The molecule has 1 rings (SSSR count). The molecule has 8 heteroatoms. The zero-order chi connectivity index (χ0) is 21.5. The van der Waals surface area contributed by atoms with Crippen LogP contribution in [-0.4, -0.2) is 39.8 Å². The molecule has 0 aliphatic heterocycles. The van der Waals surface area contributed by atoms with Crippen molar-refractivity contribution in [3.8, 4) is 0 Å². The number of carbonyl (C=O) groups is 2. The number of aliphatic hydroxyl groups is 1. The molecule has 0 spiro atoms. The van der Waals surface area contributed by atoms with E-state index in [1.807, 2.05) is 27.7 Å². The maximum atomic E-state index is 12.9. The van der Waals surface area contributed by atoms with Crippen molar-refractivity contribution in [2.24, 2.45) is 11.8 Å². The molecular formula is C20H35N3O4S. The van der Waals surface area contributed by atoms with Gasteiger partial charge in [-0.25, -0.2) is 9.78 Å². The van der Waals surface area contributed by atoms with Gasteiger partial charge >= 0.3 is 6.09 Å². The fraction of sp³-hybridized carbons (Fsp3) is 0.750. The summed E-state index contributed by atoms with van der Waals surface area (Å²) < 4.78 is 5.29. The van der Waals surface area contributed by atoms with Gasteiger partial charge in [0.15, 0.2) is 0 Å². The molecule has 1 heterocycles. The van der Waals surface area contributed by atoms with E-state index in [9.17, 15) is 14.7 Å². The first-order valence-electron chi connectivity index (χ1n) is 9.76. The second-order valence-electron chi connectivity index (χ2n) is 8.89. The molecule has 0 bridgehead atoms. The zero-order valence-corrected chi connectivity index (χ0v) is 18.8. The van der Waals surface area contributed by atoms with Gasteiger partial charge in [0, 0.05) is 11.6 Å². The average molecular weight is 414 g/mol. The van der Waals surface area contributed by atoms with Gasteiger partial charge in [0.1, 0.15) is 22.8 Å². The molecule has 0 aromatic carbocycles. The molecule has 0 saturated carbocycles. The van der Waals surface area contributed by atoms with E-state index in [1.165, 1.54) is 11.3 Å². The lowest BCUT2D eigenvalue weighted by atomic mass is 9.97. The number of aromatic nitrogens is 1. The Hall–Kier alpha value is -1.67. The second kappa shape index (κ2) is 10.8. The van der Waals surface area contributed by atoms with E-state index in [4.69, 9.17) is 4.74 Å². The summed E-state index contributed by atoms with van der Waals surface area (Å²) in [4.78, 5) is 29.3. The van der Waals surface area contributed by atoms with Gasteiger partial charge in [-0.05, 0) is 45.4 Å². The summed E-state index contributed by atoms with van der Waals surface area (Å²) >= 11 is 1.35. The highest BCUT2D eigenvalue weighted by Crippen LogP contribution is 2.23. The number of amides is 2. The van der Waals surface area contributed by atoms with Crippen LogP contribution in [0.15, 0.2) is 11.6 Å². The van der Waals surface area contributed by atoms with E-state index in [1.54, 1.807) is 32.3 Å². The Balaban J connectivity index is 2.90. The summed E-state index contributed by atoms with van der Waals surface area (Å²) in [6.45, 7) is 13.3. The highest BCUT2D eigenvalue weighted by atomic mass is 32.1. The van der Waals surface area contributed by atoms with E-state index < -0.39 is 29.9 Å². The lowest BCUT2D eigenvalue weighted by Gasteiger charge is -2.28. The van der Waals surface area contributed by atoms with Gasteiger partial charge in [-0.15, -0.1) is 11.3 Å². The van der Waals surface area contributed by atoms with Crippen molar-refractivity contribution in [1.29, 1.82) is 0 Å². The molecule has 28 heavy (non-hydrogen) atoms. The summed E-state index contributed by atoms with van der Waals surface area (Å²) in [5.74, 6) is 0.126. The number of nitrogens with one attached hydrogen (secondary N) is 2. The van der Waals surface area contributed by atoms with Crippen molar-refractivity contribution >= 4 is 23.3 Å². The summed E-state index contributed by atoms with van der Waals surface area (Å²) in [5, 5.41) is 18.6. The van der Waals surface area contributed by atoms with Gasteiger partial charge in [0.2, 0.25) is 5.91 Å². The summed E-state index contributed by atoms with van der Waals surface area (Å²) in [5.41, 5.74) is -0.649. The van der Waals surface area contributed by atoms with Crippen LogP contribution in [0.2, 0.25) is 0 Å². The smallest absolute Gasteiger partial charge is 0.408 e. The third-order valence-corrected chi connectivity index (χ3v) is 4.70. The normalized spacial score (nSPS) is 15.2. The quantitative estimate of drug-likeness (QED) is 0.574. The molecular weight excluding hydrogens is 378 g/mol. The maximum Gasteiger partial charge on any atom is 0.408 e. The van der Waals surface area contributed by atoms with Crippen LogP contribution in [0.5, 0.6) is 0 Å². The van der Waals surface area contributed by atoms with Crippen molar-refractivity contribution in [2.45, 2.75) is 85.1 Å². The van der Waals surface area contributed by atoms with Gasteiger partial charge < -0.3 is 20.5 Å². The van der Waals surface area contributed by atoms with Gasteiger partial charge in [-0.3, -0.25) is 4.79 Å². The lowest BCUT2D eigenvalue weighted by Crippen LogP contribution is -2.52. The summed E-state index contributed by atoms with van der Waals surface area (Å²) in [6, 6.07) is -1.23. The van der Waals surface area contributed by atoms with E-state index in [2.05, 4.69) is 15.6 Å². The molecule has 0 aliphatic carbocycles. The topological polar surface area (TPSA) is 101 Å². The first kappa shape index (κ1) is 24.4. The van der Waals surface area contributed by atoms with Gasteiger partial charge in [-0.1, -0.05) is 27.7 Å². The molecule has 1 aromatic heterocycles. The monoisotopic (exact) mass is 413 g/mol. The Morgan fingerprint density at radius 3 is 2.21 bits per heavy atom. The van der Waals surface area contributed by atoms with Crippen molar-refractivity contribution < 1.29 is 19.4 Å². The molecule has 0 saturated heterocycles. The zero-order valence-electron chi connectivity index (χ0n) is 18.0. The van der Waals surface area contributed by atoms with E-state index in [0.717, 1.165) is 0 Å². The second-order valence-corrected chi connectivity index (χ2v) is 9.81. The third-order valence-electron chi connectivity index (χ3n) is 3.85. The van der Waals surface area contributed by atoms with Crippen molar-refractivity contribution in [3.05, 3.63) is 16.6 Å². The number of alkyl carbamates (subject to hydrolysis) is 1. The number of hydrogen-bond acceptors (Lipinski definition) is 6. The van der Waals surface area contributed by atoms with Gasteiger partial charge in [0.05, 0.1) is 6.04 Å². The largest absolute Gasteiger partial charge is 0.444 e. The third kappa shape index (κ3) is 9.01. The maximum absolute atomic E-state index is 12.9. The van der Waals surface area contributed by atoms with Crippen LogP contribution in [0.3, 0.4) is 0 Å². The standard InChI is InChI=1S/C20H35N3O4S/c1-12(2)10-14(16(24)18-21-8-9-28-18)22-17(25)15(11-13(3)4)23-19(26)27-20(5,6)7/h8-9,12-16,24H,10-11H2,1-7H3,(H,22,25)(H,23,26)/t14-,15+,16+/m1/s1. The van der Waals surface area contributed by atoms with Crippen molar-refractivity contribution in [3.63, 3.8) is 0 Å². The van der Waals surface area contributed by atoms with Crippen LogP contribution in [0.25, 0.3) is 0 Å². The molecule has 0 unspecified atom stereocenters. The van der Waals surface area contributed by atoms with Crippen LogP contribution in [0.1, 0.15) is 72.4 Å². The van der Waals surface area contributed by atoms with Crippen LogP contribution in [-0.2, 0) is 9.53 Å². The first-order valence-corrected chi connectivity index (χ1v) is 10.6. The SMILES string of the molecule is CC(C)C[C@H](NC(=O)OC(C)(C)C)C(=O)N[C@H](CC(C)C)[C@H](O)c1nccs1. The number of aliphatic hydroxyl groups excluding tert-OH is 1. The Morgan fingerprint density at radius 1 is 1.14 bits per heavy atom. The predicted molar refractivity (Wildman–Crippen MR) is 111 cm³/mol. The fourth-order valence-electron chi connectivity index (χ4n) is 2.76. The molecule has 0 aliphatic rings. The number of rotatable bonds is 9. The Bertz CT molecular complexity index is 611. The summed E-state index contributed by atoms with van der Waals surface area (Å²) in [7, 11) is 0. The molecule has 0 fully saturated rings. The molecule has 2 amide bonds. The van der Waals surface area contributed by atoms with Crippen LogP contribution < -0.4 is 10.6 Å². The highest BCUT2D eigenvalue weighted by Gasteiger charge is 2.30. The average Bonchev–Trinajstić information content (AvgIpc) is 3.04. The minimum Gasteiger partial charge on any atom is -0.444 e. The Morgan fingerprint density at radius 2 is 1.75 bits per heavy atom. The minimum absolute atomic E-state index is 0.193. The van der Waals surface area contributed by atoms with Crippen molar-refractivity contribution in [1.82, 2.24) is 15.6 Å². The van der Waals surface area contributed by atoms with E-state index in [-0.39, 0.29) is 17.7 Å². The number of carbonyl (C=O) groups excluding carboxylic acids is 2. The Kier molecular flexibility index (Phi) is 9.36. The van der Waals surface area contributed by atoms with Gasteiger partial charge in [0.25, 0.3) is 0 Å². The fourth-order valence-corrected chi connectivity index (χ4v) is 3.45. The van der Waals surface area contributed by atoms with E-state index >= 15 is 0 Å². The number of ether oxygens (including phenoxy) is 1. The molecule has 160 valence electrons. The number of hydrogen-bond donors (Lipinski definition) is 3. The first-order chi connectivity index (χ1) is 12.9. The minimum atomic E-state index is -0.896.